The molecule has 2 aliphatic rings. The van der Waals surface area contributed by atoms with Crippen LogP contribution in [0.2, 0.25) is 15.1 Å². The Labute approximate surface area is 206 Å². The van der Waals surface area contributed by atoms with Crippen LogP contribution in [0.15, 0.2) is 77.8 Å². The van der Waals surface area contributed by atoms with Crippen molar-refractivity contribution in [1.82, 2.24) is 9.78 Å². The number of fused-ring (bicyclic) bond motifs is 4. The van der Waals surface area contributed by atoms with E-state index in [0.717, 1.165) is 45.4 Å². The number of halogens is 3. The first-order valence-corrected chi connectivity index (χ1v) is 11.6. The predicted molar refractivity (Wildman–Crippen MR) is 137 cm³/mol. The zero-order valence-electron chi connectivity index (χ0n) is 17.5. The zero-order valence-corrected chi connectivity index (χ0v) is 19.8. The van der Waals surface area contributed by atoms with E-state index in [2.05, 4.69) is 23.1 Å². The van der Waals surface area contributed by atoms with Crippen LogP contribution in [0, 0.1) is 6.92 Å². The first kappa shape index (κ1) is 20.5. The lowest BCUT2D eigenvalue weighted by Crippen LogP contribution is -2.38. The van der Waals surface area contributed by atoms with Crippen LogP contribution in [0.4, 0.5) is 11.5 Å². The second kappa shape index (κ2) is 7.77. The largest absolute Gasteiger partial charge is 0.314 e. The molecule has 1 aromatic heterocycles. The van der Waals surface area contributed by atoms with Crippen molar-refractivity contribution < 1.29 is 0 Å². The summed E-state index contributed by atoms with van der Waals surface area (Å²) in [5.41, 5.74) is 6.05. The van der Waals surface area contributed by atoms with Gasteiger partial charge >= 0.3 is 0 Å². The molecule has 0 fully saturated rings. The van der Waals surface area contributed by atoms with Crippen molar-refractivity contribution >= 4 is 58.2 Å². The van der Waals surface area contributed by atoms with Crippen LogP contribution in [-0.2, 0) is 0 Å². The van der Waals surface area contributed by atoms with Gasteiger partial charge in [-0.1, -0.05) is 59.1 Å². The number of rotatable bonds is 2. The minimum absolute atomic E-state index is 0.172. The van der Waals surface area contributed by atoms with Crippen LogP contribution in [0.25, 0.3) is 11.8 Å². The number of hydrogen-bond acceptors (Lipinski definition) is 3. The topological polar surface area (TPSA) is 33.4 Å². The molecule has 1 atom stereocenters. The molecule has 0 radical (unpaired) electrons. The number of anilines is 1. The molecule has 0 saturated carbocycles. The van der Waals surface area contributed by atoms with E-state index in [9.17, 15) is 0 Å². The summed E-state index contributed by atoms with van der Waals surface area (Å²) in [4.78, 5) is 7.31. The molecule has 0 N–H and O–H groups in total. The van der Waals surface area contributed by atoms with Gasteiger partial charge in [0, 0.05) is 10.6 Å². The van der Waals surface area contributed by atoms with E-state index in [-0.39, 0.29) is 6.04 Å². The first-order valence-electron chi connectivity index (χ1n) is 10.5. The average molecular weight is 492 g/mol. The van der Waals surface area contributed by atoms with Gasteiger partial charge in [-0.2, -0.15) is 5.10 Å². The van der Waals surface area contributed by atoms with E-state index in [1.807, 2.05) is 72.3 Å². The van der Waals surface area contributed by atoms with Crippen LogP contribution < -0.4 is 4.90 Å². The summed E-state index contributed by atoms with van der Waals surface area (Å²) in [6.07, 6.45) is 4.14. The lowest BCUT2D eigenvalue weighted by atomic mass is 9.92. The van der Waals surface area contributed by atoms with Gasteiger partial charge in [0.1, 0.15) is 5.84 Å². The summed E-state index contributed by atoms with van der Waals surface area (Å²) in [6, 6.07) is 21.5. The van der Waals surface area contributed by atoms with Crippen LogP contribution in [0.5, 0.6) is 0 Å². The van der Waals surface area contributed by atoms with Crippen molar-refractivity contribution in [2.75, 3.05) is 4.90 Å². The van der Waals surface area contributed by atoms with Gasteiger partial charge in [0.15, 0.2) is 5.82 Å². The minimum Gasteiger partial charge on any atom is -0.314 e. The van der Waals surface area contributed by atoms with E-state index in [0.29, 0.717) is 15.1 Å². The standard InChI is InChI=1S/C26H17Cl3N4/c1-15-24-25(17-6-12-20(28)21(29)14-17)32-22-5-3-2-4-16(22)7-13-23(32)30-26(24)33(31-15)19-10-8-18(27)9-11-19/h2-14,25H,1H3. The van der Waals surface area contributed by atoms with Gasteiger partial charge in [0.25, 0.3) is 0 Å². The Morgan fingerprint density at radius 3 is 2.42 bits per heavy atom. The lowest BCUT2D eigenvalue weighted by molar-refractivity contribution is 0.813. The highest BCUT2D eigenvalue weighted by atomic mass is 35.5. The normalized spacial score (nSPS) is 16.2. The molecule has 4 nitrogen and oxygen atoms in total. The van der Waals surface area contributed by atoms with Gasteiger partial charge in [-0.25, -0.2) is 9.67 Å². The van der Waals surface area contributed by atoms with E-state index in [1.165, 1.54) is 0 Å². The molecule has 2 aliphatic heterocycles. The summed E-state index contributed by atoms with van der Waals surface area (Å²) >= 11 is 18.8. The van der Waals surface area contributed by atoms with Crippen LogP contribution in [0.3, 0.4) is 0 Å². The van der Waals surface area contributed by atoms with Crippen LogP contribution in [0.1, 0.15) is 28.4 Å². The van der Waals surface area contributed by atoms with Crippen LogP contribution in [-0.4, -0.2) is 15.6 Å². The molecule has 0 bridgehead atoms. The molecule has 0 aliphatic carbocycles. The Hall–Kier alpha value is -3.05. The predicted octanol–water partition coefficient (Wildman–Crippen LogP) is 7.81. The zero-order chi connectivity index (χ0) is 22.7. The van der Waals surface area contributed by atoms with Crippen molar-refractivity contribution in [2.45, 2.75) is 13.0 Å². The SMILES string of the molecule is Cc1nn(-c2ccc(Cl)cc2)c2c1C(c1ccc(Cl)c(Cl)c1)N1C(=N2)C=Cc2ccccc21. The average Bonchev–Trinajstić information content (AvgIpc) is 3.16. The maximum absolute atomic E-state index is 6.46. The van der Waals surface area contributed by atoms with Crippen molar-refractivity contribution in [2.24, 2.45) is 4.99 Å². The van der Waals surface area contributed by atoms with Crippen molar-refractivity contribution in [1.29, 1.82) is 0 Å². The van der Waals surface area contributed by atoms with Crippen molar-refractivity contribution in [3.8, 4) is 5.69 Å². The van der Waals surface area contributed by atoms with Gasteiger partial charge < -0.3 is 4.90 Å². The summed E-state index contributed by atoms with van der Waals surface area (Å²) in [7, 11) is 0. The fourth-order valence-corrected chi connectivity index (χ4v) is 4.96. The quantitative estimate of drug-likeness (QED) is 0.286. The number of aromatic nitrogens is 2. The minimum atomic E-state index is -0.172. The van der Waals surface area contributed by atoms with Gasteiger partial charge in [-0.15, -0.1) is 0 Å². The number of aliphatic imine (C=N–C) groups is 1. The molecule has 0 spiro atoms. The molecule has 3 heterocycles. The van der Waals surface area contributed by atoms with Crippen molar-refractivity contribution in [3.05, 3.63) is 110 Å². The number of nitrogens with zero attached hydrogens (tertiary/aromatic N) is 4. The number of amidine groups is 1. The fraction of sp³-hybridized carbons (Fsp3) is 0.0769. The summed E-state index contributed by atoms with van der Waals surface area (Å²) in [5, 5.41) is 6.60. The molecule has 3 aromatic carbocycles. The maximum atomic E-state index is 6.46. The Morgan fingerprint density at radius 1 is 0.848 bits per heavy atom. The molecule has 0 amide bonds. The summed E-state index contributed by atoms with van der Waals surface area (Å²) < 4.78 is 1.88. The smallest absolute Gasteiger partial charge is 0.163 e. The monoisotopic (exact) mass is 490 g/mol. The third-order valence-corrected chi connectivity index (χ3v) is 7.01. The van der Waals surface area contributed by atoms with Gasteiger partial charge in [0.2, 0.25) is 0 Å². The molecule has 162 valence electrons. The van der Waals surface area contributed by atoms with E-state index >= 15 is 0 Å². The number of benzene rings is 3. The third-order valence-electron chi connectivity index (χ3n) is 6.02. The molecule has 0 saturated heterocycles. The third kappa shape index (κ3) is 3.29. The second-order valence-electron chi connectivity index (χ2n) is 8.02. The number of para-hydroxylation sites is 1. The van der Waals surface area contributed by atoms with E-state index < -0.39 is 0 Å². The van der Waals surface area contributed by atoms with Gasteiger partial charge in [0.05, 0.1) is 33.2 Å². The molecular weight excluding hydrogens is 475 g/mol. The van der Waals surface area contributed by atoms with E-state index in [1.54, 1.807) is 0 Å². The highest BCUT2D eigenvalue weighted by molar-refractivity contribution is 6.42. The molecule has 7 heteroatoms. The van der Waals surface area contributed by atoms with E-state index in [4.69, 9.17) is 44.9 Å². The van der Waals surface area contributed by atoms with Crippen LogP contribution >= 0.6 is 34.8 Å². The fourth-order valence-electron chi connectivity index (χ4n) is 4.53. The Morgan fingerprint density at radius 2 is 1.64 bits per heavy atom. The first-order chi connectivity index (χ1) is 16.0. The van der Waals surface area contributed by atoms with Gasteiger partial charge in [-0.05, 0) is 72.7 Å². The molecule has 1 unspecified atom stereocenters. The lowest BCUT2D eigenvalue weighted by Gasteiger charge is -2.39. The molecule has 4 aromatic rings. The Bertz CT molecular complexity index is 1470. The van der Waals surface area contributed by atoms with Gasteiger partial charge in [-0.3, -0.25) is 0 Å². The highest BCUT2D eigenvalue weighted by Crippen LogP contribution is 2.47. The summed E-state index contributed by atoms with van der Waals surface area (Å²) in [6.45, 7) is 2.02. The summed E-state index contributed by atoms with van der Waals surface area (Å²) in [5.74, 6) is 1.63. The molecule has 33 heavy (non-hydrogen) atoms. The second-order valence-corrected chi connectivity index (χ2v) is 9.27. The Balaban J connectivity index is 1.63. The molecule has 6 rings (SSSR count). The number of aryl methyl sites for hydroxylation is 1. The number of hydrogen-bond donors (Lipinski definition) is 0. The highest BCUT2D eigenvalue weighted by Gasteiger charge is 2.38. The Kier molecular flexibility index (Phi) is 4.84. The molecular formula is C26H17Cl3N4. The maximum Gasteiger partial charge on any atom is 0.163 e. The van der Waals surface area contributed by atoms with Crippen molar-refractivity contribution in [3.63, 3.8) is 0 Å².